The summed E-state index contributed by atoms with van der Waals surface area (Å²) in [5.41, 5.74) is 13.5. The molecule has 0 atom stereocenters. The Balaban J connectivity index is 2.10. The van der Waals surface area contributed by atoms with Crippen molar-refractivity contribution in [2.45, 2.75) is 6.92 Å². The lowest BCUT2D eigenvalue weighted by Crippen LogP contribution is -2.10. The van der Waals surface area contributed by atoms with E-state index >= 15 is 0 Å². The Morgan fingerprint density at radius 2 is 1.90 bits per heavy atom. The van der Waals surface area contributed by atoms with Gasteiger partial charge in [-0.2, -0.15) is 9.63 Å². The summed E-state index contributed by atoms with van der Waals surface area (Å²) in [5.74, 6) is 0.316. The lowest BCUT2D eigenvalue weighted by atomic mass is 10.2. The van der Waals surface area contributed by atoms with Crippen molar-refractivity contribution in [3.8, 4) is 0 Å². The van der Waals surface area contributed by atoms with Crippen LogP contribution in [0.5, 0.6) is 0 Å². The number of rotatable bonds is 2. The van der Waals surface area contributed by atoms with Gasteiger partial charge in [-0.3, -0.25) is 4.79 Å². The molecule has 0 aliphatic heterocycles. The molecule has 8 nitrogen and oxygen atoms in total. The molecule has 0 aliphatic rings. The molecule has 0 fully saturated rings. The van der Waals surface area contributed by atoms with Crippen LogP contribution in [0.25, 0.3) is 5.65 Å². The zero-order chi connectivity index (χ0) is 15.0. The molecule has 0 amide bonds. The highest BCUT2D eigenvalue weighted by Gasteiger charge is 2.12. The van der Waals surface area contributed by atoms with Crippen molar-refractivity contribution in [2.75, 3.05) is 11.5 Å². The van der Waals surface area contributed by atoms with E-state index in [9.17, 15) is 4.79 Å². The minimum atomic E-state index is -0.355. The normalized spacial score (nSPS) is 11.5. The van der Waals surface area contributed by atoms with Gasteiger partial charge in [0.15, 0.2) is 17.2 Å². The lowest BCUT2D eigenvalue weighted by Gasteiger charge is -1.97. The molecule has 21 heavy (non-hydrogen) atoms. The number of aromatic nitrogens is 3. The third-order valence-electron chi connectivity index (χ3n) is 2.95. The second-order valence-corrected chi connectivity index (χ2v) is 4.59. The minimum absolute atomic E-state index is 0.138. The third-order valence-corrected chi connectivity index (χ3v) is 2.95. The van der Waals surface area contributed by atoms with Crippen molar-refractivity contribution >= 4 is 28.7 Å². The first-order valence-electron chi connectivity index (χ1n) is 6.20. The zero-order valence-corrected chi connectivity index (χ0v) is 11.2. The SMILES string of the molecule is Cc1ccc(N=Nc2c(N)nn3c(N)cc(=O)[nH]c23)cc1. The Hall–Kier alpha value is -3.16. The first kappa shape index (κ1) is 12.9. The van der Waals surface area contributed by atoms with E-state index in [0.717, 1.165) is 5.56 Å². The first-order chi connectivity index (χ1) is 10.0. The first-order valence-corrected chi connectivity index (χ1v) is 6.20. The molecular weight excluding hydrogens is 270 g/mol. The number of nitrogen functional groups attached to an aromatic ring is 2. The van der Waals surface area contributed by atoms with E-state index < -0.39 is 0 Å². The van der Waals surface area contributed by atoms with Gasteiger partial charge in [0.2, 0.25) is 0 Å². The molecule has 0 aliphatic carbocycles. The van der Waals surface area contributed by atoms with E-state index in [0.29, 0.717) is 11.3 Å². The van der Waals surface area contributed by atoms with E-state index in [4.69, 9.17) is 11.5 Å². The van der Waals surface area contributed by atoms with E-state index in [-0.39, 0.29) is 22.9 Å². The number of nitrogens with one attached hydrogen (secondary N) is 1. The van der Waals surface area contributed by atoms with Crippen LogP contribution in [0.2, 0.25) is 0 Å². The monoisotopic (exact) mass is 283 g/mol. The predicted octanol–water partition coefficient (Wildman–Crippen LogP) is 1.91. The average Bonchev–Trinajstić information content (AvgIpc) is 2.75. The molecule has 0 unspecified atom stereocenters. The van der Waals surface area contributed by atoms with Crippen LogP contribution in [0.15, 0.2) is 45.4 Å². The van der Waals surface area contributed by atoms with Crippen molar-refractivity contribution in [2.24, 2.45) is 10.2 Å². The number of hydrogen-bond donors (Lipinski definition) is 3. The predicted molar refractivity (Wildman–Crippen MR) is 80.0 cm³/mol. The van der Waals surface area contributed by atoms with E-state index in [1.54, 1.807) is 0 Å². The van der Waals surface area contributed by atoms with Crippen LogP contribution in [-0.2, 0) is 0 Å². The Kier molecular flexibility index (Phi) is 2.90. The van der Waals surface area contributed by atoms with Gasteiger partial charge in [-0.15, -0.1) is 10.2 Å². The minimum Gasteiger partial charge on any atom is -0.383 e. The van der Waals surface area contributed by atoms with E-state index in [2.05, 4.69) is 20.3 Å². The van der Waals surface area contributed by atoms with Crippen LogP contribution in [0.1, 0.15) is 5.56 Å². The Morgan fingerprint density at radius 3 is 2.62 bits per heavy atom. The van der Waals surface area contributed by atoms with Crippen molar-refractivity contribution in [3.05, 3.63) is 46.2 Å². The van der Waals surface area contributed by atoms with Gasteiger partial charge in [0.1, 0.15) is 5.82 Å². The van der Waals surface area contributed by atoms with Crippen molar-refractivity contribution in [1.82, 2.24) is 14.6 Å². The molecule has 0 bridgehead atoms. The molecule has 0 spiro atoms. The fraction of sp³-hybridized carbons (Fsp3) is 0.0769. The number of aryl methyl sites for hydroxylation is 1. The maximum absolute atomic E-state index is 11.5. The highest BCUT2D eigenvalue weighted by atomic mass is 16.1. The van der Waals surface area contributed by atoms with Crippen LogP contribution in [0, 0.1) is 6.92 Å². The average molecular weight is 283 g/mol. The van der Waals surface area contributed by atoms with Gasteiger partial charge in [-0.25, -0.2) is 0 Å². The molecule has 1 aromatic carbocycles. The Morgan fingerprint density at radius 1 is 1.19 bits per heavy atom. The van der Waals surface area contributed by atoms with Crippen LogP contribution in [0.4, 0.5) is 23.0 Å². The molecule has 106 valence electrons. The van der Waals surface area contributed by atoms with Gasteiger partial charge in [0.25, 0.3) is 5.56 Å². The fourth-order valence-electron chi connectivity index (χ4n) is 1.89. The molecular formula is C13H13N7O. The van der Waals surface area contributed by atoms with Crippen LogP contribution < -0.4 is 17.0 Å². The maximum Gasteiger partial charge on any atom is 0.253 e. The number of nitrogens with two attached hydrogens (primary N) is 2. The number of azo groups is 1. The lowest BCUT2D eigenvalue weighted by molar-refractivity contribution is 0.949. The highest BCUT2D eigenvalue weighted by Crippen LogP contribution is 2.28. The second-order valence-electron chi connectivity index (χ2n) is 4.59. The third kappa shape index (κ3) is 2.34. The zero-order valence-electron chi connectivity index (χ0n) is 11.2. The van der Waals surface area contributed by atoms with Crippen molar-refractivity contribution in [1.29, 1.82) is 0 Å². The van der Waals surface area contributed by atoms with Crippen molar-refractivity contribution in [3.63, 3.8) is 0 Å². The largest absolute Gasteiger partial charge is 0.383 e. The summed E-state index contributed by atoms with van der Waals surface area (Å²) in [6, 6.07) is 8.73. The van der Waals surface area contributed by atoms with Crippen molar-refractivity contribution < 1.29 is 0 Å². The Bertz CT molecular complexity index is 889. The maximum atomic E-state index is 11.5. The number of anilines is 2. The highest BCUT2D eigenvalue weighted by molar-refractivity contribution is 5.76. The number of nitrogens with zero attached hydrogens (tertiary/aromatic N) is 4. The number of hydrogen-bond acceptors (Lipinski definition) is 6. The van der Waals surface area contributed by atoms with Gasteiger partial charge >= 0.3 is 0 Å². The smallest absolute Gasteiger partial charge is 0.253 e. The topological polar surface area (TPSA) is 127 Å². The molecule has 2 aromatic heterocycles. The summed E-state index contributed by atoms with van der Waals surface area (Å²) in [4.78, 5) is 14.1. The molecule has 5 N–H and O–H groups in total. The molecule has 3 rings (SSSR count). The van der Waals surface area contributed by atoms with Gasteiger partial charge in [-0.05, 0) is 19.1 Å². The van der Waals surface area contributed by atoms with Crippen LogP contribution >= 0.6 is 0 Å². The molecule has 0 saturated heterocycles. The number of aromatic amines is 1. The second kappa shape index (κ2) is 4.75. The quantitative estimate of drug-likeness (QED) is 0.620. The van der Waals surface area contributed by atoms with E-state index in [1.165, 1.54) is 10.6 Å². The van der Waals surface area contributed by atoms with Crippen LogP contribution in [0.3, 0.4) is 0 Å². The molecule has 0 saturated carbocycles. The molecule has 3 aromatic rings. The van der Waals surface area contributed by atoms with Gasteiger partial charge in [0, 0.05) is 6.07 Å². The van der Waals surface area contributed by atoms with Gasteiger partial charge in [-0.1, -0.05) is 17.7 Å². The number of benzene rings is 1. The number of fused-ring (bicyclic) bond motifs is 1. The van der Waals surface area contributed by atoms with Crippen LogP contribution in [-0.4, -0.2) is 14.6 Å². The Labute approximate surface area is 119 Å². The van der Waals surface area contributed by atoms with Gasteiger partial charge in [0.05, 0.1) is 5.69 Å². The summed E-state index contributed by atoms with van der Waals surface area (Å²) in [6.45, 7) is 1.98. The molecule has 8 heteroatoms. The fourth-order valence-corrected chi connectivity index (χ4v) is 1.89. The summed E-state index contributed by atoms with van der Waals surface area (Å²) in [7, 11) is 0. The molecule has 0 radical (unpaired) electrons. The standard InChI is InChI=1S/C13H13N7O/c1-7-2-4-8(5-3-7)17-18-11-12(15)19-20-9(14)6-10(21)16-13(11)20/h2-6H,14H2,1H3,(H2,15,19)(H,16,21). The molecule has 2 heterocycles. The summed E-state index contributed by atoms with van der Waals surface area (Å²) in [6.07, 6.45) is 0. The summed E-state index contributed by atoms with van der Waals surface area (Å²) in [5, 5.41) is 12.2. The number of H-pyrrole nitrogens is 1. The summed E-state index contributed by atoms with van der Waals surface area (Å²) >= 11 is 0. The van der Waals surface area contributed by atoms with Gasteiger partial charge < -0.3 is 16.5 Å². The summed E-state index contributed by atoms with van der Waals surface area (Å²) < 4.78 is 1.32. The van der Waals surface area contributed by atoms with E-state index in [1.807, 2.05) is 31.2 Å².